The van der Waals surface area contributed by atoms with Crippen LogP contribution in [-0.2, 0) is 19.1 Å². The van der Waals surface area contributed by atoms with Gasteiger partial charge in [-0.1, -0.05) is 0 Å². The molecule has 0 atom stereocenters. The van der Waals surface area contributed by atoms with Gasteiger partial charge in [0.05, 0.1) is 13.2 Å². The molecule has 0 N–H and O–H groups in total. The average Bonchev–Trinajstić information content (AvgIpc) is 2.68. The molecular formula is C16H25N5O4. The third-order valence-corrected chi connectivity index (χ3v) is 4.00. The summed E-state index contributed by atoms with van der Waals surface area (Å²) in [6.45, 7) is 3.60. The molecule has 1 aliphatic heterocycles. The van der Waals surface area contributed by atoms with Crippen LogP contribution in [0.4, 0.5) is 5.95 Å². The van der Waals surface area contributed by atoms with Crippen molar-refractivity contribution in [2.45, 2.75) is 0 Å². The molecule has 0 spiro atoms. The molecule has 2 amide bonds. The zero-order chi connectivity index (χ0) is 18.1. The zero-order valence-corrected chi connectivity index (χ0v) is 14.8. The van der Waals surface area contributed by atoms with Gasteiger partial charge in [0.1, 0.15) is 0 Å². The SMILES string of the molecule is COCCN(CCOC)C(=O)C(=O)N1CCN(c2ncccn2)CC1. The Morgan fingerprint density at radius 1 is 1.04 bits per heavy atom. The smallest absolute Gasteiger partial charge is 0.312 e. The fourth-order valence-electron chi connectivity index (χ4n) is 2.55. The third-order valence-electron chi connectivity index (χ3n) is 4.00. The van der Waals surface area contributed by atoms with E-state index in [0.29, 0.717) is 58.4 Å². The van der Waals surface area contributed by atoms with E-state index in [1.54, 1.807) is 37.6 Å². The minimum absolute atomic E-state index is 0.363. The number of anilines is 1. The van der Waals surface area contributed by atoms with Crippen molar-refractivity contribution < 1.29 is 19.1 Å². The Morgan fingerprint density at radius 2 is 1.60 bits per heavy atom. The van der Waals surface area contributed by atoms with Gasteiger partial charge in [-0.15, -0.1) is 0 Å². The van der Waals surface area contributed by atoms with Crippen molar-refractivity contribution in [1.82, 2.24) is 19.8 Å². The van der Waals surface area contributed by atoms with E-state index in [9.17, 15) is 9.59 Å². The molecule has 1 aromatic heterocycles. The number of hydrogen-bond donors (Lipinski definition) is 0. The van der Waals surface area contributed by atoms with Crippen LogP contribution in [0.2, 0.25) is 0 Å². The lowest BCUT2D eigenvalue weighted by Gasteiger charge is -2.35. The molecule has 0 saturated carbocycles. The summed E-state index contributed by atoms with van der Waals surface area (Å²) in [5, 5.41) is 0. The summed E-state index contributed by atoms with van der Waals surface area (Å²) < 4.78 is 10.0. The number of amides is 2. The first-order chi connectivity index (χ1) is 12.2. The first kappa shape index (κ1) is 19.1. The fourth-order valence-corrected chi connectivity index (χ4v) is 2.55. The highest BCUT2D eigenvalue weighted by atomic mass is 16.5. The fraction of sp³-hybridized carbons (Fsp3) is 0.625. The van der Waals surface area contributed by atoms with Crippen LogP contribution < -0.4 is 4.90 Å². The Kier molecular flexibility index (Phi) is 7.55. The highest BCUT2D eigenvalue weighted by Crippen LogP contribution is 2.10. The van der Waals surface area contributed by atoms with Crippen molar-refractivity contribution in [2.75, 3.05) is 71.6 Å². The van der Waals surface area contributed by atoms with Crippen LogP contribution in [0.5, 0.6) is 0 Å². The van der Waals surface area contributed by atoms with E-state index in [1.165, 1.54) is 4.90 Å². The van der Waals surface area contributed by atoms with E-state index in [-0.39, 0.29) is 0 Å². The lowest BCUT2D eigenvalue weighted by molar-refractivity contribution is -0.152. The lowest BCUT2D eigenvalue weighted by Crippen LogP contribution is -2.54. The molecule has 1 aromatic rings. The molecule has 0 aromatic carbocycles. The Labute approximate surface area is 147 Å². The maximum absolute atomic E-state index is 12.5. The molecule has 9 heteroatoms. The van der Waals surface area contributed by atoms with Crippen LogP contribution in [0.1, 0.15) is 0 Å². The molecule has 1 fully saturated rings. The third kappa shape index (κ3) is 5.36. The van der Waals surface area contributed by atoms with Gasteiger partial charge >= 0.3 is 11.8 Å². The minimum atomic E-state index is -0.515. The minimum Gasteiger partial charge on any atom is -0.383 e. The summed E-state index contributed by atoms with van der Waals surface area (Å²) in [5.41, 5.74) is 0. The summed E-state index contributed by atoms with van der Waals surface area (Å²) in [5.74, 6) is -0.359. The van der Waals surface area contributed by atoms with Crippen LogP contribution in [0.25, 0.3) is 0 Å². The number of carbonyl (C=O) groups is 2. The quantitative estimate of drug-likeness (QED) is 0.597. The second-order valence-corrected chi connectivity index (χ2v) is 5.61. The summed E-state index contributed by atoms with van der Waals surface area (Å²) >= 11 is 0. The molecule has 138 valence electrons. The van der Waals surface area contributed by atoms with Gasteiger partial charge in [-0.2, -0.15) is 0 Å². The van der Waals surface area contributed by atoms with E-state index in [4.69, 9.17) is 9.47 Å². The summed E-state index contributed by atoms with van der Waals surface area (Å²) in [4.78, 5) is 38.5. The van der Waals surface area contributed by atoms with Gasteiger partial charge in [0.2, 0.25) is 5.95 Å². The van der Waals surface area contributed by atoms with Crippen LogP contribution in [-0.4, -0.2) is 98.3 Å². The van der Waals surface area contributed by atoms with E-state index >= 15 is 0 Å². The molecule has 1 saturated heterocycles. The summed E-state index contributed by atoms with van der Waals surface area (Å²) in [6, 6.07) is 1.76. The first-order valence-electron chi connectivity index (χ1n) is 8.25. The largest absolute Gasteiger partial charge is 0.383 e. The first-order valence-corrected chi connectivity index (χ1v) is 8.25. The van der Waals surface area contributed by atoms with E-state index in [1.807, 2.05) is 4.90 Å². The maximum atomic E-state index is 12.5. The van der Waals surface area contributed by atoms with Gasteiger partial charge in [-0.25, -0.2) is 9.97 Å². The number of methoxy groups -OCH3 is 2. The molecule has 9 nitrogen and oxygen atoms in total. The maximum Gasteiger partial charge on any atom is 0.312 e. The van der Waals surface area contributed by atoms with Gasteiger partial charge in [0.25, 0.3) is 0 Å². The van der Waals surface area contributed by atoms with Crippen molar-refractivity contribution in [3.05, 3.63) is 18.5 Å². The van der Waals surface area contributed by atoms with E-state index in [2.05, 4.69) is 9.97 Å². The number of aromatic nitrogens is 2. The molecule has 1 aliphatic rings. The Balaban J connectivity index is 1.90. The van der Waals surface area contributed by atoms with Gasteiger partial charge < -0.3 is 24.2 Å². The van der Waals surface area contributed by atoms with Crippen molar-refractivity contribution in [1.29, 1.82) is 0 Å². The Hall–Kier alpha value is -2.26. The number of piperazine rings is 1. The van der Waals surface area contributed by atoms with Crippen molar-refractivity contribution in [2.24, 2.45) is 0 Å². The Bertz CT molecular complexity index is 541. The number of hydrogen-bond acceptors (Lipinski definition) is 7. The molecule has 0 bridgehead atoms. The monoisotopic (exact) mass is 351 g/mol. The number of carbonyl (C=O) groups excluding carboxylic acids is 2. The highest BCUT2D eigenvalue weighted by Gasteiger charge is 2.29. The summed E-state index contributed by atoms with van der Waals surface area (Å²) in [7, 11) is 3.12. The molecule has 25 heavy (non-hydrogen) atoms. The van der Waals surface area contributed by atoms with E-state index in [0.717, 1.165) is 0 Å². The molecule has 0 aliphatic carbocycles. The van der Waals surface area contributed by atoms with Crippen molar-refractivity contribution in [3.63, 3.8) is 0 Å². The van der Waals surface area contributed by atoms with Gasteiger partial charge in [-0.05, 0) is 6.07 Å². The molecule has 0 unspecified atom stereocenters. The van der Waals surface area contributed by atoms with Crippen LogP contribution in [0.3, 0.4) is 0 Å². The number of nitrogens with zero attached hydrogens (tertiary/aromatic N) is 5. The number of ether oxygens (including phenoxy) is 2. The topological polar surface area (TPSA) is 88.1 Å². The van der Waals surface area contributed by atoms with Crippen LogP contribution >= 0.6 is 0 Å². The van der Waals surface area contributed by atoms with E-state index < -0.39 is 11.8 Å². The Morgan fingerprint density at radius 3 is 2.12 bits per heavy atom. The van der Waals surface area contributed by atoms with Gasteiger partial charge in [0, 0.05) is 65.9 Å². The van der Waals surface area contributed by atoms with Crippen molar-refractivity contribution >= 4 is 17.8 Å². The summed E-state index contributed by atoms with van der Waals surface area (Å²) in [6.07, 6.45) is 3.37. The van der Waals surface area contributed by atoms with Gasteiger partial charge in [0.15, 0.2) is 0 Å². The predicted octanol–water partition coefficient (Wildman–Crippen LogP) is -0.753. The average molecular weight is 351 g/mol. The predicted molar refractivity (Wildman–Crippen MR) is 91.2 cm³/mol. The second-order valence-electron chi connectivity index (χ2n) is 5.61. The standard InChI is InChI=1S/C16H25N5O4/c1-24-12-10-20(11-13-25-2)15(23)14(22)19-6-8-21(9-7-19)16-17-4-3-5-18-16/h3-5H,6-13H2,1-2H3. The molecule has 2 rings (SSSR count). The molecule has 2 heterocycles. The highest BCUT2D eigenvalue weighted by molar-refractivity contribution is 6.34. The zero-order valence-electron chi connectivity index (χ0n) is 14.8. The van der Waals surface area contributed by atoms with Crippen molar-refractivity contribution in [3.8, 4) is 0 Å². The second kappa shape index (κ2) is 9.90. The normalized spacial score (nSPS) is 14.5. The van der Waals surface area contributed by atoms with Crippen LogP contribution in [0, 0.1) is 0 Å². The van der Waals surface area contributed by atoms with Crippen LogP contribution in [0.15, 0.2) is 18.5 Å². The number of rotatable bonds is 7. The molecule has 0 radical (unpaired) electrons. The lowest BCUT2D eigenvalue weighted by atomic mass is 10.3. The molecular weight excluding hydrogens is 326 g/mol. The van der Waals surface area contributed by atoms with Gasteiger partial charge in [-0.3, -0.25) is 9.59 Å².